The molecule has 1 heterocycles. The van der Waals surface area contributed by atoms with E-state index in [4.69, 9.17) is 0 Å². The molecule has 2 rings (SSSR count). The molecule has 0 aliphatic carbocycles. The minimum absolute atomic E-state index is 0.0313. The number of piperidine rings is 1. The molecule has 1 aromatic carbocycles. The van der Waals surface area contributed by atoms with E-state index in [1.807, 2.05) is 31.2 Å². The quantitative estimate of drug-likeness (QED) is 0.883. The molecule has 1 saturated heterocycles. The third-order valence-electron chi connectivity index (χ3n) is 4.11. The molecule has 3 nitrogen and oxygen atoms in total. The van der Waals surface area contributed by atoms with Crippen molar-refractivity contribution in [3.63, 3.8) is 0 Å². The van der Waals surface area contributed by atoms with Crippen LogP contribution < -0.4 is 10.6 Å². The Bertz CT molecular complexity index is 464. The first kappa shape index (κ1) is 15.5. The maximum Gasteiger partial charge on any atom is 0.237 e. The zero-order chi connectivity index (χ0) is 14.5. The summed E-state index contributed by atoms with van der Waals surface area (Å²) in [6, 6.07) is 8.07. The number of benzene rings is 1. The second kappa shape index (κ2) is 7.23. The molecule has 2 N–H and O–H groups in total. The van der Waals surface area contributed by atoms with Gasteiger partial charge < -0.3 is 10.6 Å². The van der Waals surface area contributed by atoms with E-state index in [2.05, 4.69) is 33.5 Å². The van der Waals surface area contributed by atoms with Crippen LogP contribution in [0.5, 0.6) is 0 Å². The van der Waals surface area contributed by atoms with Gasteiger partial charge in [0.15, 0.2) is 0 Å². The third-order valence-corrected chi connectivity index (χ3v) is 4.61. The Balaban J connectivity index is 1.93. The van der Waals surface area contributed by atoms with Crippen LogP contribution in [0, 0.1) is 5.92 Å². The van der Waals surface area contributed by atoms with E-state index < -0.39 is 0 Å². The van der Waals surface area contributed by atoms with Gasteiger partial charge in [-0.3, -0.25) is 4.79 Å². The van der Waals surface area contributed by atoms with Crippen molar-refractivity contribution >= 4 is 21.8 Å². The average Bonchev–Trinajstić information content (AvgIpc) is 2.47. The summed E-state index contributed by atoms with van der Waals surface area (Å²) in [5.74, 6) is 0.795. The average molecular weight is 339 g/mol. The van der Waals surface area contributed by atoms with Crippen LogP contribution in [0.15, 0.2) is 28.7 Å². The second-order valence-corrected chi connectivity index (χ2v) is 6.51. The van der Waals surface area contributed by atoms with Gasteiger partial charge in [-0.25, -0.2) is 0 Å². The molecule has 0 saturated carbocycles. The van der Waals surface area contributed by atoms with E-state index in [0.717, 1.165) is 29.4 Å². The summed E-state index contributed by atoms with van der Waals surface area (Å²) in [5, 5.41) is 6.45. The molecule has 1 aliphatic heterocycles. The minimum atomic E-state index is -0.0386. The van der Waals surface area contributed by atoms with Crippen molar-refractivity contribution in [1.82, 2.24) is 10.6 Å². The largest absolute Gasteiger partial charge is 0.348 e. The van der Waals surface area contributed by atoms with Crippen LogP contribution in [0.2, 0.25) is 0 Å². The summed E-state index contributed by atoms with van der Waals surface area (Å²) in [4.78, 5) is 12.3. The second-order valence-electron chi connectivity index (χ2n) is 5.59. The number of rotatable bonds is 4. The Morgan fingerprint density at radius 3 is 3.05 bits per heavy atom. The van der Waals surface area contributed by atoms with Crippen molar-refractivity contribution in [2.24, 2.45) is 5.92 Å². The van der Waals surface area contributed by atoms with Crippen LogP contribution in [0.1, 0.15) is 44.7 Å². The molecule has 0 bridgehead atoms. The van der Waals surface area contributed by atoms with Crippen molar-refractivity contribution in [3.05, 3.63) is 34.3 Å². The molecule has 1 amide bonds. The number of hydrogen-bond acceptors (Lipinski definition) is 2. The first-order valence-electron chi connectivity index (χ1n) is 7.39. The zero-order valence-electron chi connectivity index (χ0n) is 12.2. The van der Waals surface area contributed by atoms with Crippen molar-refractivity contribution in [2.75, 3.05) is 6.54 Å². The number of carbonyl (C=O) groups excluding carboxylic acids is 1. The normalized spacial score (nSPS) is 24.1. The number of nitrogens with one attached hydrogen (secondary N) is 2. The van der Waals surface area contributed by atoms with Crippen molar-refractivity contribution in [1.29, 1.82) is 0 Å². The monoisotopic (exact) mass is 338 g/mol. The summed E-state index contributed by atoms with van der Waals surface area (Å²) >= 11 is 3.47. The van der Waals surface area contributed by atoms with E-state index in [1.54, 1.807) is 0 Å². The minimum Gasteiger partial charge on any atom is -0.348 e. The predicted octanol–water partition coefficient (Wildman–Crippen LogP) is 3.40. The van der Waals surface area contributed by atoms with Crippen LogP contribution in [-0.4, -0.2) is 18.5 Å². The lowest BCUT2D eigenvalue weighted by Gasteiger charge is -2.29. The number of hydrogen-bond donors (Lipinski definition) is 2. The number of amides is 1. The molecular formula is C16H23BrN2O. The Kier molecular flexibility index (Phi) is 5.61. The predicted molar refractivity (Wildman–Crippen MR) is 85.5 cm³/mol. The fourth-order valence-electron chi connectivity index (χ4n) is 2.74. The Hall–Kier alpha value is -0.870. The van der Waals surface area contributed by atoms with Crippen LogP contribution in [0.4, 0.5) is 0 Å². The Morgan fingerprint density at radius 1 is 1.55 bits per heavy atom. The first-order valence-corrected chi connectivity index (χ1v) is 8.18. The van der Waals surface area contributed by atoms with Crippen molar-refractivity contribution < 1.29 is 4.79 Å². The van der Waals surface area contributed by atoms with Gasteiger partial charge in [0.25, 0.3) is 0 Å². The van der Waals surface area contributed by atoms with E-state index in [9.17, 15) is 4.79 Å². The van der Waals surface area contributed by atoms with Crippen molar-refractivity contribution in [3.8, 4) is 0 Å². The molecule has 1 fully saturated rings. The molecule has 4 heteroatoms. The third kappa shape index (κ3) is 4.06. The van der Waals surface area contributed by atoms with E-state index in [0.29, 0.717) is 5.92 Å². The van der Waals surface area contributed by atoms with E-state index in [1.165, 1.54) is 6.42 Å². The van der Waals surface area contributed by atoms with Gasteiger partial charge >= 0.3 is 0 Å². The maximum atomic E-state index is 12.3. The van der Waals surface area contributed by atoms with Crippen LogP contribution in [0.25, 0.3) is 0 Å². The van der Waals surface area contributed by atoms with E-state index in [-0.39, 0.29) is 18.0 Å². The Labute approximate surface area is 129 Å². The van der Waals surface area contributed by atoms with Gasteiger partial charge in [0.2, 0.25) is 5.91 Å². The number of halogens is 1. The summed E-state index contributed by atoms with van der Waals surface area (Å²) < 4.78 is 1.04. The highest BCUT2D eigenvalue weighted by atomic mass is 79.9. The van der Waals surface area contributed by atoms with Gasteiger partial charge in [0.1, 0.15) is 0 Å². The van der Waals surface area contributed by atoms with Gasteiger partial charge in [0.05, 0.1) is 12.1 Å². The zero-order valence-corrected chi connectivity index (χ0v) is 13.7. The standard InChI is InChI=1S/C16H23BrN2O/c1-3-12-7-8-18-15(9-12)16(20)19-11(2)13-5-4-6-14(17)10-13/h4-6,10-12,15,18H,3,7-9H2,1-2H3,(H,19,20). The lowest BCUT2D eigenvalue weighted by molar-refractivity contribution is -0.124. The molecule has 1 aliphatic rings. The van der Waals surface area contributed by atoms with Gasteiger partial charge in [0, 0.05) is 4.47 Å². The maximum absolute atomic E-state index is 12.3. The van der Waals surface area contributed by atoms with Gasteiger partial charge in [-0.2, -0.15) is 0 Å². The van der Waals surface area contributed by atoms with Crippen LogP contribution >= 0.6 is 15.9 Å². The molecule has 0 spiro atoms. The summed E-state index contributed by atoms with van der Waals surface area (Å²) in [5.41, 5.74) is 1.12. The molecular weight excluding hydrogens is 316 g/mol. The molecule has 3 unspecified atom stereocenters. The number of carbonyl (C=O) groups is 1. The Morgan fingerprint density at radius 2 is 2.35 bits per heavy atom. The van der Waals surface area contributed by atoms with Crippen LogP contribution in [-0.2, 0) is 4.79 Å². The smallest absolute Gasteiger partial charge is 0.237 e. The lowest BCUT2D eigenvalue weighted by Crippen LogP contribution is -2.49. The fourth-order valence-corrected chi connectivity index (χ4v) is 3.16. The molecule has 1 aromatic rings. The highest BCUT2D eigenvalue weighted by Gasteiger charge is 2.26. The van der Waals surface area contributed by atoms with Gasteiger partial charge in [-0.05, 0) is 49.9 Å². The molecule has 3 atom stereocenters. The SMILES string of the molecule is CCC1CCNC(C(=O)NC(C)c2cccc(Br)c2)C1. The van der Waals surface area contributed by atoms with Crippen molar-refractivity contribution in [2.45, 2.75) is 45.2 Å². The van der Waals surface area contributed by atoms with Crippen LogP contribution in [0.3, 0.4) is 0 Å². The summed E-state index contributed by atoms with van der Waals surface area (Å²) in [7, 11) is 0. The molecule has 0 radical (unpaired) electrons. The van der Waals surface area contributed by atoms with Gasteiger partial charge in [-0.1, -0.05) is 41.4 Å². The fraction of sp³-hybridized carbons (Fsp3) is 0.562. The lowest BCUT2D eigenvalue weighted by atomic mass is 9.90. The topological polar surface area (TPSA) is 41.1 Å². The van der Waals surface area contributed by atoms with Gasteiger partial charge in [-0.15, -0.1) is 0 Å². The molecule has 20 heavy (non-hydrogen) atoms. The van der Waals surface area contributed by atoms with E-state index >= 15 is 0 Å². The summed E-state index contributed by atoms with van der Waals surface area (Å²) in [6.45, 7) is 5.18. The summed E-state index contributed by atoms with van der Waals surface area (Å²) in [6.07, 6.45) is 3.29. The first-order chi connectivity index (χ1) is 9.60. The molecule has 110 valence electrons. The highest BCUT2D eigenvalue weighted by Crippen LogP contribution is 2.21. The molecule has 0 aromatic heterocycles. The highest BCUT2D eigenvalue weighted by molar-refractivity contribution is 9.10.